The summed E-state index contributed by atoms with van der Waals surface area (Å²) in [6.07, 6.45) is 8.97. The summed E-state index contributed by atoms with van der Waals surface area (Å²) in [5.41, 5.74) is 1.03. The molecule has 4 nitrogen and oxygen atoms in total. The van der Waals surface area contributed by atoms with Crippen molar-refractivity contribution in [2.24, 2.45) is 0 Å². The average molecular weight is 299 g/mol. The Bertz CT molecular complexity index is 823. The van der Waals surface area contributed by atoms with E-state index in [1.54, 1.807) is 15.9 Å². The van der Waals surface area contributed by atoms with Gasteiger partial charge in [-0.2, -0.15) is 5.10 Å². The number of pyridine rings is 1. The van der Waals surface area contributed by atoms with Gasteiger partial charge in [-0.15, -0.1) is 11.3 Å². The second kappa shape index (κ2) is 5.15. The predicted molar refractivity (Wildman–Crippen MR) is 84.9 cm³/mol. The molecule has 3 aromatic heterocycles. The van der Waals surface area contributed by atoms with Crippen LogP contribution in [0.25, 0.3) is 10.1 Å². The fourth-order valence-electron chi connectivity index (χ4n) is 3.14. The quantitative estimate of drug-likeness (QED) is 0.743. The third-order valence-corrected chi connectivity index (χ3v) is 5.17. The zero-order valence-electron chi connectivity index (χ0n) is 11.7. The lowest BCUT2D eigenvalue weighted by atomic mass is 10.3. The summed E-state index contributed by atoms with van der Waals surface area (Å²) in [7, 11) is 0. The Labute approximate surface area is 126 Å². The molecule has 4 rings (SSSR count). The van der Waals surface area contributed by atoms with Crippen LogP contribution in [0.2, 0.25) is 0 Å². The Hall–Kier alpha value is -1.88. The average Bonchev–Trinajstić information content (AvgIpc) is 3.21. The van der Waals surface area contributed by atoms with Gasteiger partial charge in [-0.1, -0.05) is 12.8 Å². The fraction of sp³-hybridized carbons (Fsp3) is 0.375. The molecule has 1 aliphatic carbocycles. The summed E-state index contributed by atoms with van der Waals surface area (Å²) in [5.74, 6) is 0. The molecule has 0 aliphatic heterocycles. The van der Waals surface area contributed by atoms with Crippen LogP contribution in [0.1, 0.15) is 37.4 Å². The number of aromatic nitrogens is 3. The van der Waals surface area contributed by atoms with E-state index in [-0.39, 0.29) is 5.56 Å². The molecule has 1 fully saturated rings. The number of rotatable bonds is 3. The van der Waals surface area contributed by atoms with Crippen LogP contribution in [0, 0.1) is 0 Å². The predicted octanol–water partition coefficient (Wildman–Crippen LogP) is 3.42. The van der Waals surface area contributed by atoms with E-state index < -0.39 is 0 Å². The van der Waals surface area contributed by atoms with Crippen LogP contribution in [-0.4, -0.2) is 14.3 Å². The number of fused-ring (bicyclic) bond motifs is 1. The minimum absolute atomic E-state index is 0.0733. The molecular weight excluding hydrogens is 282 g/mol. The zero-order valence-corrected chi connectivity index (χ0v) is 12.6. The van der Waals surface area contributed by atoms with Crippen molar-refractivity contribution in [2.75, 3.05) is 0 Å². The topological polar surface area (TPSA) is 39.8 Å². The van der Waals surface area contributed by atoms with E-state index in [9.17, 15) is 4.79 Å². The molecule has 0 aromatic carbocycles. The van der Waals surface area contributed by atoms with Crippen molar-refractivity contribution in [3.05, 3.63) is 52.0 Å². The van der Waals surface area contributed by atoms with Crippen molar-refractivity contribution in [3.63, 3.8) is 0 Å². The van der Waals surface area contributed by atoms with Crippen LogP contribution in [-0.2, 0) is 6.54 Å². The molecule has 3 heterocycles. The van der Waals surface area contributed by atoms with Crippen LogP contribution in [0.15, 0.2) is 40.8 Å². The summed E-state index contributed by atoms with van der Waals surface area (Å²) in [6.45, 7) is 0.546. The number of hydrogen-bond acceptors (Lipinski definition) is 3. The molecule has 21 heavy (non-hydrogen) atoms. The molecule has 0 unspecified atom stereocenters. The van der Waals surface area contributed by atoms with Gasteiger partial charge in [-0.25, -0.2) is 0 Å². The van der Waals surface area contributed by atoms with E-state index >= 15 is 0 Å². The molecule has 0 bridgehead atoms. The van der Waals surface area contributed by atoms with Gasteiger partial charge in [-0.3, -0.25) is 9.48 Å². The second-order valence-electron chi connectivity index (χ2n) is 5.67. The number of thiophene rings is 1. The first-order valence-electron chi connectivity index (χ1n) is 7.42. The molecule has 3 aromatic rings. The van der Waals surface area contributed by atoms with Crippen LogP contribution in [0.5, 0.6) is 0 Å². The van der Waals surface area contributed by atoms with Gasteiger partial charge in [0.05, 0.1) is 23.7 Å². The van der Waals surface area contributed by atoms with E-state index in [1.807, 2.05) is 29.8 Å². The Kier molecular flexibility index (Phi) is 3.15. The zero-order chi connectivity index (χ0) is 14.2. The minimum atomic E-state index is 0.0733. The maximum Gasteiger partial charge on any atom is 0.259 e. The molecule has 0 N–H and O–H groups in total. The van der Waals surface area contributed by atoms with Crippen molar-refractivity contribution in [1.82, 2.24) is 14.3 Å². The SMILES string of the molecule is O=c1c2ccsc2ccn1Cc1ccn(C2CCCC2)n1. The van der Waals surface area contributed by atoms with E-state index in [4.69, 9.17) is 0 Å². The lowest BCUT2D eigenvalue weighted by Gasteiger charge is -2.09. The largest absolute Gasteiger partial charge is 0.309 e. The normalized spacial score (nSPS) is 16.0. The summed E-state index contributed by atoms with van der Waals surface area (Å²) in [5, 5.41) is 7.42. The molecule has 5 heteroatoms. The Balaban J connectivity index is 1.62. The number of nitrogens with zero attached hydrogens (tertiary/aromatic N) is 3. The third kappa shape index (κ3) is 2.31. The molecular formula is C16H17N3OS. The number of hydrogen-bond donors (Lipinski definition) is 0. The summed E-state index contributed by atoms with van der Waals surface area (Å²) < 4.78 is 4.88. The van der Waals surface area contributed by atoms with Gasteiger partial charge < -0.3 is 4.57 Å². The van der Waals surface area contributed by atoms with Crippen LogP contribution in [0.3, 0.4) is 0 Å². The molecule has 0 spiro atoms. The van der Waals surface area contributed by atoms with Gasteiger partial charge in [-0.05, 0) is 36.4 Å². The molecule has 0 saturated heterocycles. The molecule has 0 amide bonds. The van der Waals surface area contributed by atoms with Crippen molar-refractivity contribution in [2.45, 2.75) is 38.3 Å². The Morgan fingerprint density at radius 1 is 1.19 bits per heavy atom. The van der Waals surface area contributed by atoms with Crippen molar-refractivity contribution in [1.29, 1.82) is 0 Å². The smallest absolute Gasteiger partial charge is 0.259 e. The first-order chi connectivity index (χ1) is 10.3. The lowest BCUT2D eigenvalue weighted by molar-refractivity contribution is 0.461. The second-order valence-corrected chi connectivity index (χ2v) is 6.62. The Morgan fingerprint density at radius 2 is 2.05 bits per heavy atom. The lowest BCUT2D eigenvalue weighted by Crippen LogP contribution is -2.19. The van der Waals surface area contributed by atoms with Crippen molar-refractivity contribution in [3.8, 4) is 0 Å². The van der Waals surface area contributed by atoms with E-state index in [0.29, 0.717) is 12.6 Å². The van der Waals surface area contributed by atoms with Crippen LogP contribution in [0.4, 0.5) is 0 Å². The highest BCUT2D eigenvalue weighted by atomic mass is 32.1. The highest BCUT2D eigenvalue weighted by Crippen LogP contribution is 2.28. The van der Waals surface area contributed by atoms with Gasteiger partial charge in [0, 0.05) is 17.1 Å². The first-order valence-corrected chi connectivity index (χ1v) is 8.30. The third-order valence-electron chi connectivity index (χ3n) is 4.29. The van der Waals surface area contributed by atoms with Crippen molar-refractivity contribution >= 4 is 21.4 Å². The van der Waals surface area contributed by atoms with E-state index in [0.717, 1.165) is 15.8 Å². The maximum absolute atomic E-state index is 12.4. The molecule has 0 atom stereocenters. The summed E-state index contributed by atoms with van der Waals surface area (Å²) in [4.78, 5) is 12.4. The van der Waals surface area contributed by atoms with E-state index in [1.165, 1.54) is 25.7 Å². The molecule has 1 saturated carbocycles. The van der Waals surface area contributed by atoms with Gasteiger partial charge in [0.25, 0.3) is 5.56 Å². The first kappa shape index (κ1) is 12.8. The molecule has 0 radical (unpaired) electrons. The standard InChI is InChI=1S/C16H17N3OS/c20-16-14-7-10-21-15(14)6-8-18(16)11-12-5-9-19(17-12)13-3-1-2-4-13/h5-10,13H,1-4,11H2. The molecule has 108 valence electrons. The van der Waals surface area contributed by atoms with Gasteiger partial charge in [0.2, 0.25) is 0 Å². The summed E-state index contributed by atoms with van der Waals surface area (Å²) >= 11 is 1.60. The van der Waals surface area contributed by atoms with Gasteiger partial charge >= 0.3 is 0 Å². The van der Waals surface area contributed by atoms with E-state index in [2.05, 4.69) is 16.0 Å². The highest BCUT2D eigenvalue weighted by molar-refractivity contribution is 7.17. The highest BCUT2D eigenvalue weighted by Gasteiger charge is 2.17. The van der Waals surface area contributed by atoms with Gasteiger partial charge in [0.15, 0.2) is 0 Å². The Morgan fingerprint density at radius 3 is 2.90 bits per heavy atom. The monoisotopic (exact) mass is 299 g/mol. The molecule has 1 aliphatic rings. The summed E-state index contributed by atoms with van der Waals surface area (Å²) in [6, 6.07) is 6.49. The van der Waals surface area contributed by atoms with Gasteiger partial charge in [0.1, 0.15) is 0 Å². The van der Waals surface area contributed by atoms with Crippen molar-refractivity contribution < 1.29 is 0 Å². The van der Waals surface area contributed by atoms with Crippen LogP contribution < -0.4 is 5.56 Å². The van der Waals surface area contributed by atoms with Crippen LogP contribution >= 0.6 is 11.3 Å². The minimum Gasteiger partial charge on any atom is -0.309 e. The fourth-order valence-corrected chi connectivity index (χ4v) is 3.91. The maximum atomic E-state index is 12.4.